The molecule has 2 aromatic heterocycles. The van der Waals surface area contributed by atoms with E-state index < -0.39 is 0 Å². The van der Waals surface area contributed by atoms with E-state index in [0.717, 1.165) is 11.3 Å². The maximum Gasteiger partial charge on any atom is 0.270 e. The second-order valence-corrected chi connectivity index (χ2v) is 6.59. The Kier molecular flexibility index (Phi) is 5.24. The van der Waals surface area contributed by atoms with Gasteiger partial charge in [-0.2, -0.15) is 0 Å². The molecule has 3 aromatic rings. The van der Waals surface area contributed by atoms with Gasteiger partial charge < -0.3 is 10.2 Å². The van der Waals surface area contributed by atoms with Crippen LogP contribution in [0.1, 0.15) is 45.8 Å². The SMILES string of the molecule is Cc1nc(C(=O)NCc2ccc(F)cc2)cc(C2=NOC(c3ccccn3)C2)n1. The molecule has 0 radical (unpaired) electrons. The van der Waals surface area contributed by atoms with E-state index in [1.165, 1.54) is 12.1 Å². The van der Waals surface area contributed by atoms with Crippen LogP contribution >= 0.6 is 0 Å². The fourth-order valence-corrected chi connectivity index (χ4v) is 2.96. The van der Waals surface area contributed by atoms with Gasteiger partial charge in [0.25, 0.3) is 5.91 Å². The van der Waals surface area contributed by atoms with Crippen molar-refractivity contribution in [2.75, 3.05) is 0 Å². The molecule has 0 bridgehead atoms. The Morgan fingerprint density at radius 2 is 2.03 bits per heavy atom. The van der Waals surface area contributed by atoms with Crippen molar-refractivity contribution in [2.24, 2.45) is 5.16 Å². The van der Waals surface area contributed by atoms with E-state index in [-0.39, 0.29) is 30.1 Å². The lowest BCUT2D eigenvalue weighted by Gasteiger charge is -2.08. The number of nitrogens with zero attached hydrogens (tertiary/aromatic N) is 4. The Morgan fingerprint density at radius 1 is 1.21 bits per heavy atom. The van der Waals surface area contributed by atoms with Crippen LogP contribution in [0.3, 0.4) is 0 Å². The fourth-order valence-electron chi connectivity index (χ4n) is 2.96. The van der Waals surface area contributed by atoms with E-state index >= 15 is 0 Å². The molecule has 1 aliphatic heterocycles. The summed E-state index contributed by atoms with van der Waals surface area (Å²) in [5, 5.41) is 6.91. The predicted molar refractivity (Wildman–Crippen MR) is 104 cm³/mol. The average molecular weight is 391 g/mol. The molecule has 3 heterocycles. The summed E-state index contributed by atoms with van der Waals surface area (Å²) in [7, 11) is 0. The number of nitrogens with one attached hydrogen (secondary N) is 1. The predicted octanol–water partition coefficient (Wildman–Crippen LogP) is 3.11. The van der Waals surface area contributed by atoms with Crippen LogP contribution in [0.2, 0.25) is 0 Å². The fraction of sp³-hybridized carbons (Fsp3) is 0.190. The molecule has 1 atom stereocenters. The number of halogens is 1. The van der Waals surface area contributed by atoms with Crippen LogP contribution in [-0.2, 0) is 11.4 Å². The molecule has 0 aliphatic carbocycles. The van der Waals surface area contributed by atoms with Gasteiger partial charge in [-0.15, -0.1) is 0 Å². The maximum atomic E-state index is 13.0. The molecule has 7 nitrogen and oxygen atoms in total. The van der Waals surface area contributed by atoms with Crippen LogP contribution in [-0.4, -0.2) is 26.6 Å². The molecule has 0 fully saturated rings. The summed E-state index contributed by atoms with van der Waals surface area (Å²) >= 11 is 0. The van der Waals surface area contributed by atoms with Crippen LogP contribution in [0.15, 0.2) is 59.9 Å². The normalized spacial score (nSPS) is 15.5. The van der Waals surface area contributed by atoms with Gasteiger partial charge in [0, 0.05) is 19.2 Å². The number of carbonyl (C=O) groups is 1. The Balaban J connectivity index is 1.46. The first kappa shape index (κ1) is 18.7. The van der Waals surface area contributed by atoms with Gasteiger partial charge in [0.15, 0.2) is 6.10 Å². The van der Waals surface area contributed by atoms with Crippen molar-refractivity contribution in [1.82, 2.24) is 20.3 Å². The van der Waals surface area contributed by atoms with Crippen molar-refractivity contribution >= 4 is 11.6 Å². The number of rotatable bonds is 5. The molecule has 1 unspecified atom stereocenters. The smallest absolute Gasteiger partial charge is 0.270 e. The van der Waals surface area contributed by atoms with E-state index in [2.05, 4.69) is 25.4 Å². The Hall–Kier alpha value is -3.68. The first-order valence-electron chi connectivity index (χ1n) is 9.11. The zero-order valence-corrected chi connectivity index (χ0v) is 15.7. The van der Waals surface area contributed by atoms with Crippen molar-refractivity contribution in [3.05, 3.63) is 89.0 Å². The molecule has 1 aliphatic rings. The van der Waals surface area contributed by atoms with Crippen molar-refractivity contribution < 1.29 is 14.0 Å². The molecule has 0 saturated heterocycles. The van der Waals surface area contributed by atoms with E-state index in [9.17, 15) is 9.18 Å². The number of carbonyl (C=O) groups excluding carboxylic acids is 1. The van der Waals surface area contributed by atoms with Gasteiger partial charge in [-0.1, -0.05) is 23.4 Å². The van der Waals surface area contributed by atoms with Gasteiger partial charge in [0.1, 0.15) is 23.0 Å². The van der Waals surface area contributed by atoms with E-state index in [0.29, 0.717) is 23.7 Å². The molecule has 8 heteroatoms. The van der Waals surface area contributed by atoms with Gasteiger partial charge in [-0.3, -0.25) is 9.78 Å². The Bertz CT molecular complexity index is 1050. The van der Waals surface area contributed by atoms with Gasteiger partial charge in [-0.25, -0.2) is 14.4 Å². The van der Waals surface area contributed by atoms with Crippen molar-refractivity contribution in [2.45, 2.75) is 26.0 Å². The van der Waals surface area contributed by atoms with E-state index in [1.54, 1.807) is 31.3 Å². The molecule has 1 amide bonds. The van der Waals surface area contributed by atoms with Crippen LogP contribution in [0, 0.1) is 12.7 Å². The summed E-state index contributed by atoms with van der Waals surface area (Å²) < 4.78 is 13.0. The Labute approximate surface area is 166 Å². The summed E-state index contributed by atoms with van der Waals surface area (Å²) in [6.07, 6.45) is 1.93. The lowest BCUT2D eigenvalue weighted by molar-refractivity contribution is 0.0826. The summed E-state index contributed by atoms with van der Waals surface area (Å²) in [4.78, 5) is 30.9. The zero-order chi connectivity index (χ0) is 20.2. The minimum absolute atomic E-state index is 0.235. The van der Waals surface area contributed by atoms with Gasteiger partial charge in [0.2, 0.25) is 0 Å². The van der Waals surface area contributed by atoms with Crippen molar-refractivity contribution in [3.8, 4) is 0 Å². The minimum atomic E-state index is -0.345. The highest BCUT2D eigenvalue weighted by Crippen LogP contribution is 2.27. The molecule has 29 heavy (non-hydrogen) atoms. The zero-order valence-electron chi connectivity index (χ0n) is 15.7. The lowest BCUT2D eigenvalue weighted by Crippen LogP contribution is -2.25. The largest absolute Gasteiger partial charge is 0.385 e. The van der Waals surface area contributed by atoms with Crippen LogP contribution in [0.4, 0.5) is 4.39 Å². The number of amides is 1. The summed E-state index contributed by atoms with van der Waals surface area (Å²) in [5.74, 6) is -0.208. The quantitative estimate of drug-likeness (QED) is 0.722. The minimum Gasteiger partial charge on any atom is -0.385 e. The van der Waals surface area contributed by atoms with Crippen LogP contribution < -0.4 is 5.32 Å². The number of hydrogen-bond acceptors (Lipinski definition) is 6. The summed E-state index contributed by atoms with van der Waals surface area (Å²) in [6.45, 7) is 1.98. The number of oxime groups is 1. The molecule has 0 spiro atoms. The van der Waals surface area contributed by atoms with Gasteiger partial charge in [-0.05, 0) is 42.8 Å². The molecule has 1 aromatic carbocycles. The summed E-state index contributed by atoms with van der Waals surface area (Å²) in [6, 6.07) is 13.1. The molecule has 1 N–H and O–H groups in total. The number of aromatic nitrogens is 3. The summed E-state index contributed by atoms with van der Waals surface area (Å²) in [5.41, 5.74) is 2.99. The number of hydrogen-bond donors (Lipinski definition) is 1. The van der Waals surface area contributed by atoms with Crippen molar-refractivity contribution in [3.63, 3.8) is 0 Å². The first-order valence-corrected chi connectivity index (χ1v) is 9.11. The maximum absolute atomic E-state index is 13.0. The highest BCUT2D eigenvalue weighted by Gasteiger charge is 2.26. The first-order chi connectivity index (χ1) is 14.1. The van der Waals surface area contributed by atoms with Crippen LogP contribution in [0.5, 0.6) is 0 Å². The topological polar surface area (TPSA) is 89.4 Å². The third kappa shape index (κ3) is 4.43. The highest BCUT2D eigenvalue weighted by atomic mass is 19.1. The van der Waals surface area contributed by atoms with Crippen molar-refractivity contribution in [1.29, 1.82) is 0 Å². The number of pyridine rings is 1. The number of aryl methyl sites for hydroxylation is 1. The third-order valence-corrected chi connectivity index (χ3v) is 4.42. The monoisotopic (exact) mass is 391 g/mol. The molecule has 4 rings (SSSR count). The second kappa shape index (κ2) is 8.14. The number of benzene rings is 1. The van der Waals surface area contributed by atoms with Gasteiger partial charge >= 0.3 is 0 Å². The molecular weight excluding hydrogens is 373 g/mol. The standard InChI is InChI=1S/C21H18FN5O2/c1-13-25-17(18-11-20(29-27-18)16-4-2-3-9-23-16)10-19(26-13)21(28)24-12-14-5-7-15(22)8-6-14/h2-10,20H,11-12H2,1H3,(H,24,28). The third-order valence-electron chi connectivity index (χ3n) is 4.42. The van der Waals surface area contributed by atoms with E-state index in [1.807, 2.05) is 18.2 Å². The van der Waals surface area contributed by atoms with Gasteiger partial charge in [0.05, 0.1) is 11.4 Å². The average Bonchev–Trinajstić information content (AvgIpc) is 3.24. The highest BCUT2D eigenvalue weighted by molar-refractivity contribution is 6.01. The second-order valence-electron chi connectivity index (χ2n) is 6.59. The van der Waals surface area contributed by atoms with E-state index in [4.69, 9.17) is 4.84 Å². The molecule has 146 valence electrons. The molecular formula is C21H18FN5O2. The Morgan fingerprint density at radius 3 is 2.79 bits per heavy atom. The molecule has 0 saturated carbocycles. The lowest BCUT2D eigenvalue weighted by atomic mass is 10.1. The van der Waals surface area contributed by atoms with Crippen LogP contribution in [0.25, 0.3) is 0 Å².